The van der Waals surface area contributed by atoms with Gasteiger partial charge < -0.3 is 19.9 Å². The highest BCUT2D eigenvalue weighted by Gasteiger charge is 2.34. The normalized spacial score (nSPS) is 17.4. The van der Waals surface area contributed by atoms with E-state index < -0.39 is 48.1 Å². The summed E-state index contributed by atoms with van der Waals surface area (Å²) in [6, 6.07) is 9.53. The third-order valence-corrected chi connectivity index (χ3v) is 5.62. The summed E-state index contributed by atoms with van der Waals surface area (Å²) in [5.74, 6) is -1.19. The number of carbonyl (C=O) groups excluding carboxylic acids is 2. The second-order valence-corrected chi connectivity index (χ2v) is 9.72. The van der Waals surface area contributed by atoms with E-state index in [9.17, 15) is 24.3 Å². The van der Waals surface area contributed by atoms with Gasteiger partial charge in [-0.3, -0.25) is 15.1 Å². The number of benzene rings is 1. The van der Waals surface area contributed by atoms with Crippen molar-refractivity contribution in [2.75, 3.05) is 16.9 Å². The van der Waals surface area contributed by atoms with E-state index in [1.807, 2.05) is 18.2 Å². The zero-order valence-electron chi connectivity index (χ0n) is 21.2. The molecule has 1 aliphatic rings. The molecule has 1 fully saturated rings. The molecule has 3 rings (SSSR count). The van der Waals surface area contributed by atoms with Crippen molar-refractivity contribution in [1.82, 2.24) is 15.0 Å². The van der Waals surface area contributed by atoms with E-state index >= 15 is 0 Å². The highest BCUT2D eigenvalue weighted by Crippen LogP contribution is 2.23. The Morgan fingerprint density at radius 1 is 1.11 bits per heavy atom. The monoisotopic (exact) mass is 515 g/mol. The minimum Gasteiger partial charge on any atom is -0.480 e. The summed E-state index contributed by atoms with van der Waals surface area (Å²) < 4.78 is 11.6. The number of aliphatic carboxylic acids is 1. The Balaban J connectivity index is 1.74. The molecular weight excluding hydrogens is 482 g/mol. The maximum Gasteiger partial charge on any atom is 0.413 e. The molecule has 1 aliphatic carbocycles. The molecule has 1 aromatic heterocycles. The Hall–Kier alpha value is -4.09. The summed E-state index contributed by atoms with van der Waals surface area (Å²) in [6.07, 6.45) is 2.70. The molecule has 1 saturated carbocycles. The first kappa shape index (κ1) is 27.5. The van der Waals surface area contributed by atoms with Crippen LogP contribution in [0.1, 0.15) is 52.0 Å². The number of rotatable bonds is 8. The molecule has 2 aromatic rings. The first-order chi connectivity index (χ1) is 17.5. The number of carbonyl (C=O) groups is 3. The molecule has 2 atom stereocenters. The number of anilines is 1. The van der Waals surface area contributed by atoms with Crippen LogP contribution in [0.4, 0.5) is 15.4 Å². The molecule has 1 heterocycles. The third-order valence-electron chi connectivity index (χ3n) is 5.62. The Labute approximate surface area is 214 Å². The molecule has 37 heavy (non-hydrogen) atoms. The predicted octanol–water partition coefficient (Wildman–Crippen LogP) is 2.85. The zero-order valence-corrected chi connectivity index (χ0v) is 21.2. The maximum atomic E-state index is 12.9. The van der Waals surface area contributed by atoms with E-state index in [0.717, 1.165) is 23.1 Å². The maximum absolute atomic E-state index is 12.9. The molecule has 1 aromatic carbocycles. The molecule has 0 aliphatic heterocycles. The quantitative estimate of drug-likeness (QED) is 0.482. The van der Waals surface area contributed by atoms with Crippen LogP contribution in [0.3, 0.4) is 0 Å². The van der Waals surface area contributed by atoms with Crippen molar-refractivity contribution in [3.05, 3.63) is 58.6 Å². The number of carboxylic acids is 1. The van der Waals surface area contributed by atoms with Gasteiger partial charge in [0, 0.05) is 6.20 Å². The number of amides is 2. The fraction of sp³-hybridized carbons (Fsp3) is 0.480. The van der Waals surface area contributed by atoms with Crippen LogP contribution in [0.25, 0.3) is 0 Å². The van der Waals surface area contributed by atoms with Gasteiger partial charge in [0.2, 0.25) is 0 Å². The van der Waals surface area contributed by atoms with Crippen molar-refractivity contribution in [3.63, 3.8) is 0 Å². The number of nitrogens with zero attached hydrogens (tertiary/aromatic N) is 3. The first-order valence-electron chi connectivity index (χ1n) is 12.1. The second kappa shape index (κ2) is 12.2. The molecule has 0 unspecified atom stereocenters. The fourth-order valence-electron chi connectivity index (χ4n) is 4.11. The summed E-state index contributed by atoms with van der Waals surface area (Å²) in [6.45, 7) is 4.80. The number of hydrogen-bond donors (Lipinski definition) is 3. The van der Waals surface area contributed by atoms with E-state index in [0.29, 0.717) is 12.8 Å². The molecule has 3 N–H and O–H groups in total. The summed E-state index contributed by atoms with van der Waals surface area (Å²) in [5.41, 5.74) is -0.683. The van der Waals surface area contributed by atoms with Crippen LogP contribution in [0, 0.1) is 0 Å². The summed E-state index contributed by atoms with van der Waals surface area (Å²) >= 11 is 0. The van der Waals surface area contributed by atoms with Crippen LogP contribution >= 0.6 is 0 Å². The molecule has 0 saturated heterocycles. The molecule has 12 heteroatoms. The van der Waals surface area contributed by atoms with Crippen molar-refractivity contribution in [1.29, 1.82) is 0 Å². The number of alkyl carbamates (subject to hydrolysis) is 1. The summed E-state index contributed by atoms with van der Waals surface area (Å²) in [5, 5.41) is 16.2. The average Bonchev–Trinajstić information content (AvgIpc) is 2.81. The van der Waals surface area contributed by atoms with Crippen LogP contribution < -0.4 is 21.3 Å². The van der Waals surface area contributed by atoms with E-state index in [1.54, 1.807) is 32.9 Å². The van der Waals surface area contributed by atoms with Gasteiger partial charge in [0.25, 0.3) is 0 Å². The summed E-state index contributed by atoms with van der Waals surface area (Å²) in [4.78, 5) is 53.0. The van der Waals surface area contributed by atoms with E-state index in [4.69, 9.17) is 9.47 Å². The lowest BCUT2D eigenvalue weighted by molar-refractivity contribution is -0.135. The molecule has 0 bridgehead atoms. The van der Waals surface area contributed by atoms with Gasteiger partial charge in [-0.25, -0.2) is 19.1 Å². The van der Waals surface area contributed by atoms with E-state index in [-0.39, 0.29) is 12.4 Å². The zero-order chi connectivity index (χ0) is 27.0. The molecule has 0 radical (unpaired) electrons. The average molecular weight is 516 g/mol. The minimum atomic E-state index is -1.15. The van der Waals surface area contributed by atoms with Gasteiger partial charge in [-0.2, -0.15) is 4.98 Å². The van der Waals surface area contributed by atoms with Gasteiger partial charge in [0.15, 0.2) is 0 Å². The summed E-state index contributed by atoms with van der Waals surface area (Å²) in [7, 11) is 0. The van der Waals surface area contributed by atoms with Gasteiger partial charge in [0.1, 0.15) is 24.6 Å². The van der Waals surface area contributed by atoms with Gasteiger partial charge in [-0.1, -0.05) is 43.2 Å². The minimum absolute atomic E-state index is 0.0401. The number of carboxylic acid groups (broad SMARTS) is 1. The van der Waals surface area contributed by atoms with Crippen LogP contribution in [0.2, 0.25) is 0 Å². The largest absolute Gasteiger partial charge is 0.480 e. The van der Waals surface area contributed by atoms with Crippen molar-refractivity contribution < 1.29 is 29.0 Å². The number of nitrogens with one attached hydrogen (secondary N) is 2. The first-order valence-corrected chi connectivity index (χ1v) is 12.1. The SMILES string of the molecule is CC(C)(C)OC(=O)N[C@H]1CCCC[C@H]1N(CC(=O)O)n1ccc(NC(=O)OCc2ccccc2)nc1=O. The molecule has 200 valence electrons. The number of hydrogen-bond acceptors (Lipinski definition) is 8. The molecule has 12 nitrogen and oxygen atoms in total. The van der Waals surface area contributed by atoms with Crippen molar-refractivity contribution in [3.8, 4) is 0 Å². The molecule has 2 amide bonds. The van der Waals surface area contributed by atoms with Crippen LogP contribution in [0.5, 0.6) is 0 Å². The topological polar surface area (TPSA) is 152 Å². The Morgan fingerprint density at radius 2 is 1.81 bits per heavy atom. The lowest BCUT2D eigenvalue weighted by Crippen LogP contribution is -2.60. The van der Waals surface area contributed by atoms with Gasteiger partial charge in [-0.05, 0) is 45.2 Å². The third kappa shape index (κ3) is 8.51. The highest BCUT2D eigenvalue weighted by atomic mass is 16.6. The van der Waals surface area contributed by atoms with E-state index in [2.05, 4.69) is 15.6 Å². The molecule has 0 spiro atoms. The van der Waals surface area contributed by atoms with E-state index in [1.165, 1.54) is 17.3 Å². The van der Waals surface area contributed by atoms with Gasteiger partial charge in [-0.15, -0.1) is 0 Å². The van der Waals surface area contributed by atoms with Gasteiger partial charge in [0.05, 0.1) is 12.1 Å². The highest BCUT2D eigenvalue weighted by molar-refractivity contribution is 5.83. The van der Waals surface area contributed by atoms with Crippen molar-refractivity contribution >= 4 is 24.0 Å². The number of aromatic nitrogens is 2. The lowest BCUT2D eigenvalue weighted by Gasteiger charge is -2.40. The second-order valence-electron chi connectivity index (χ2n) is 9.72. The molecular formula is C25H33N5O7. The smallest absolute Gasteiger partial charge is 0.413 e. The predicted molar refractivity (Wildman–Crippen MR) is 135 cm³/mol. The fourth-order valence-corrected chi connectivity index (χ4v) is 4.11. The van der Waals surface area contributed by atoms with Gasteiger partial charge >= 0.3 is 23.8 Å². The Morgan fingerprint density at radius 3 is 2.46 bits per heavy atom. The standard InChI is InChI=1S/C25H33N5O7/c1-25(2,3)37-24(35)26-18-11-7-8-12-19(18)30(15-21(31)32)29-14-13-20(27-22(29)33)28-23(34)36-16-17-9-5-4-6-10-17/h4-6,9-10,13-14,18-19H,7-8,11-12,15-16H2,1-3H3,(H,26,35)(H,31,32)(H,27,28,33,34)/t18-,19+/m0/s1. The van der Waals surface area contributed by atoms with Crippen LogP contribution in [0.15, 0.2) is 47.4 Å². The van der Waals surface area contributed by atoms with Crippen molar-refractivity contribution in [2.45, 2.75) is 70.7 Å². The lowest BCUT2D eigenvalue weighted by atomic mass is 9.90. The Kier molecular flexibility index (Phi) is 9.10. The van der Waals surface area contributed by atoms with Crippen LogP contribution in [-0.2, 0) is 20.9 Å². The van der Waals surface area contributed by atoms with Crippen LogP contribution in [-0.4, -0.2) is 57.2 Å². The number of ether oxygens (including phenoxy) is 2. The Bertz CT molecular complexity index is 1150. The van der Waals surface area contributed by atoms with Crippen molar-refractivity contribution in [2.24, 2.45) is 0 Å².